The van der Waals surface area contributed by atoms with Crippen molar-refractivity contribution in [3.05, 3.63) is 23.8 Å². The average molecular weight is 238 g/mol. The first-order valence-electron chi connectivity index (χ1n) is 5.48. The van der Waals surface area contributed by atoms with Gasteiger partial charge in [-0.05, 0) is 31.2 Å². The van der Waals surface area contributed by atoms with Gasteiger partial charge in [-0.2, -0.15) is 0 Å². The predicted molar refractivity (Wildman–Crippen MR) is 64.8 cm³/mol. The number of nitrogens with two attached hydrogens (primary N) is 1. The van der Waals surface area contributed by atoms with Crippen LogP contribution in [0.25, 0.3) is 0 Å². The Kier molecular flexibility index (Phi) is 5.29. The van der Waals surface area contributed by atoms with Crippen LogP contribution >= 0.6 is 0 Å². The Bertz CT molecular complexity index is 380. The Hall–Kier alpha value is -1.75. The first kappa shape index (κ1) is 13.3. The molecule has 0 saturated carbocycles. The highest BCUT2D eigenvalue weighted by Crippen LogP contribution is 2.22. The second kappa shape index (κ2) is 6.75. The summed E-state index contributed by atoms with van der Waals surface area (Å²) in [5.74, 6) is 0.640. The van der Waals surface area contributed by atoms with Gasteiger partial charge >= 0.3 is 0 Å². The predicted octanol–water partition coefficient (Wildman–Crippen LogP) is 0.756. The van der Waals surface area contributed by atoms with Crippen molar-refractivity contribution < 1.29 is 14.6 Å². The second-order valence-corrected chi connectivity index (χ2v) is 3.74. The van der Waals surface area contributed by atoms with Crippen LogP contribution in [0.1, 0.15) is 18.4 Å². The minimum absolute atomic E-state index is 0.230. The molecule has 0 spiro atoms. The van der Waals surface area contributed by atoms with Gasteiger partial charge in [-0.3, -0.25) is 4.79 Å². The lowest BCUT2D eigenvalue weighted by Crippen LogP contribution is -2.18. The average Bonchev–Trinajstić information content (AvgIpc) is 2.30. The molecule has 0 atom stereocenters. The van der Waals surface area contributed by atoms with Crippen LogP contribution in [0.4, 0.5) is 0 Å². The number of amides is 1. The molecule has 94 valence electrons. The molecule has 0 fully saturated rings. The van der Waals surface area contributed by atoms with Crippen LogP contribution < -0.4 is 15.8 Å². The van der Waals surface area contributed by atoms with Crippen molar-refractivity contribution in [2.45, 2.75) is 19.4 Å². The van der Waals surface area contributed by atoms with Gasteiger partial charge in [0.1, 0.15) is 11.5 Å². The van der Waals surface area contributed by atoms with Crippen LogP contribution in [0.2, 0.25) is 0 Å². The molecule has 0 aliphatic heterocycles. The zero-order valence-electron chi connectivity index (χ0n) is 9.90. The fraction of sp³-hybridized carbons (Fsp3) is 0.417. The number of methoxy groups -OCH3 is 1. The van der Waals surface area contributed by atoms with E-state index in [-0.39, 0.29) is 11.7 Å². The number of hydrogen-bond donors (Lipinski definition) is 3. The topological polar surface area (TPSA) is 84.6 Å². The summed E-state index contributed by atoms with van der Waals surface area (Å²) < 4.78 is 5.07. The van der Waals surface area contributed by atoms with Crippen LogP contribution in [-0.2, 0) is 11.3 Å². The first-order chi connectivity index (χ1) is 8.13. The Morgan fingerprint density at radius 2 is 2.29 bits per heavy atom. The van der Waals surface area contributed by atoms with Crippen molar-refractivity contribution in [2.24, 2.45) is 5.73 Å². The lowest BCUT2D eigenvalue weighted by Gasteiger charge is -2.08. The summed E-state index contributed by atoms with van der Waals surface area (Å²) in [6, 6.07) is 5.07. The van der Waals surface area contributed by atoms with Crippen molar-refractivity contribution in [3.63, 3.8) is 0 Å². The summed E-state index contributed by atoms with van der Waals surface area (Å²) in [4.78, 5) is 10.5. The maximum atomic E-state index is 10.5. The number of aromatic hydroxyl groups is 1. The van der Waals surface area contributed by atoms with Gasteiger partial charge in [0.2, 0.25) is 5.91 Å². The molecule has 0 aliphatic rings. The van der Waals surface area contributed by atoms with Gasteiger partial charge in [0.15, 0.2) is 0 Å². The van der Waals surface area contributed by atoms with Crippen LogP contribution in [0, 0.1) is 0 Å². The smallest absolute Gasteiger partial charge is 0.217 e. The maximum absolute atomic E-state index is 10.5. The molecule has 0 radical (unpaired) electrons. The molecule has 0 bridgehead atoms. The number of phenols is 1. The Morgan fingerprint density at radius 1 is 1.53 bits per heavy atom. The summed E-state index contributed by atoms with van der Waals surface area (Å²) in [7, 11) is 1.58. The third-order valence-electron chi connectivity index (χ3n) is 2.38. The number of carbonyl (C=O) groups excluding carboxylic acids is 1. The lowest BCUT2D eigenvalue weighted by atomic mass is 10.2. The Morgan fingerprint density at radius 3 is 2.94 bits per heavy atom. The van der Waals surface area contributed by atoms with E-state index in [2.05, 4.69) is 5.32 Å². The van der Waals surface area contributed by atoms with Gasteiger partial charge in [0.05, 0.1) is 7.11 Å². The number of rotatable bonds is 7. The number of benzene rings is 1. The molecule has 0 unspecified atom stereocenters. The van der Waals surface area contributed by atoms with Crippen molar-refractivity contribution in [1.82, 2.24) is 5.32 Å². The maximum Gasteiger partial charge on any atom is 0.217 e. The van der Waals surface area contributed by atoms with E-state index in [0.29, 0.717) is 31.7 Å². The largest absolute Gasteiger partial charge is 0.508 e. The summed E-state index contributed by atoms with van der Waals surface area (Å²) in [6.07, 6.45) is 1.07. The van der Waals surface area contributed by atoms with E-state index >= 15 is 0 Å². The molecule has 1 amide bonds. The molecule has 1 aromatic carbocycles. The molecular formula is C12H18N2O3. The number of primary amides is 1. The standard InChI is InChI=1S/C12H18N2O3/c1-17-10-4-5-11(15)9(7-10)8-14-6-2-3-12(13)16/h4-5,7,14-15H,2-3,6,8H2,1H3,(H2,13,16). The normalized spacial score (nSPS) is 10.2. The quantitative estimate of drug-likeness (QED) is 0.612. The summed E-state index contributed by atoms with van der Waals surface area (Å²) >= 11 is 0. The van der Waals surface area contributed by atoms with Gasteiger partial charge in [-0.25, -0.2) is 0 Å². The molecule has 17 heavy (non-hydrogen) atoms. The summed E-state index contributed by atoms with van der Waals surface area (Å²) in [6.45, 7) is 1.21. The van der Waals surface area contributed by atoms with Crippen molar-refractivity contribution >= 4 is 5.91 Å². The zero-order chi connectivity index (χ0) is 12.7. The number of phenolic OH excluding ortho intramolecular Hbond substituents is 1. The first-order valence-corrected chi connectivity index (χ1v) is 5.48. The number of ether oxygens (including phenoxy) is 1. The molecule has 0 heterocycles. The molecule has 5 nitrogen and oxygen atoms in total. The second-order valence-electron chi connectivity index (χ2n) is 3.74. The monoisotopic (exact) mass is 238 g/mol. The van der Waals surface area contributed by atoms with Crippen molar-refractivity contribution in [1.29, 1.82) is 0 Å². The number of nitrogens with one attached hydrogen (secondary N) is 1. The van der Waals surface area contributed by atoms with Crippen molar-refractivity contribution in [3.8, 4) is 11.5 Å². The molecule has 0 aliphatic carbocycles. The van der Waals surface area contributed by atoms with E-state index < -0.39 is 0 Å². The highest BCUT2D eigenvalue weighted by Gasteiger charge is 2.02. The molecule has 0 aromatic heterocycles. The van der Waals surface area contributed by atoms with Gasteiger partial charge in [-0.1, -0.05) is 0 Å². The van der Waals surface area contributed by atoms with E-state index in [0.717, 1.165) is 5.56 Å². The Balaban J connectivity index is 2.38. The molecular weight excluding hydrogens is 220 g/mol. The molecule has 5 heteroatoms. The minimum atomic E-state index is -0.295. The SMILES string of the molecule is COc1ccc(O)c(CNCCCC(N)=O)c1. The van der Waals surface area contributed by atoms with Crippen molar-refractivity contribution in [2.75, 3.05) is 13.7 Å². The molecule has 4 N–H and O–H groups in total. The van der Waals surface area contributed by atoms with E-state index in [9.17, 15) is 9.90 Å². The third-order valence-corrected chi connectivity index (χ3v) is 2.38. The fourth-order valence-electron chi connectivity index (χ4n) is 1.44. The van der Waals surface area contributed by atoms with Crippen LogP contribution in [-0.4, -0.2) is 24.7 Å². The fourth-order valence-corrected chi connectivity index (χ4v) is 1.44. The van der Waals surface area contributed by atoms with E-state index in [1.807, 2.05) is 0 Å². The molecule has 1 rings (SSSR count). The Labute approximate surface area is 101 Å². The van der Waals surface area contributed by atoms with E-state index in [4.69, 9.17) is 10.5 Å². The highest BCUT2D eigenvalue weighted by atomic mass is 16.5. The minimum Gasteiger partial charge on any atom is -0.508 e. The van der Waals surface area contributed by atoms with Gasteiger partial charge < -0.3 is 20.9 Å². The van der Waals surface area contributed by atoms with Gasteiger partial charge in [-0.15, -0.1) is 0 Å². The van der Waals surface area contributed by atoms with Crippen LogP contribution in [0.5, 0.6) is 11.5 Å². The van der Waals surface area contributed by atoms with Gasteiger partial charge in [0.25, 0.3) is 0 Å². The third kappa shape index (κ3) is 4.74. The van der Waals surface area contributed by atoms with E-state index in [1.165, 1.54) is 0 Å². The zero-order valence-corrected chi connectivity index (χ0v) is 9.90. The van der Waals surface area contributed by atoms with E-state index in [1.54, 1.807) is 25.3 Å². The molecule has 1 aromatic rings. The van der Waals surface area contributed by atoms with Crippen LogP contribution in [0.3, 0.4) is 0 Å². The lowest BCUT2D eigenvalue weighted by molar-refractivity contribution is -0.118. The van der Waals surface area contributed by atoms with Gasteiger partial charge in [0, 0.05) is 18.5 Å². The highest BCUT2D eigenvalue weighted by molar-refractivity contribution is 5.73. The number of hydrogen-bond acceptors (Lipinski definition) is 4. The van der Waals surface area contributed by atoms with Crippen LogP contribution in [0.15, 0.2) is 18.2 Å². The summed E-state index contributed by atoms with van der Waals surface area (Å²) in [5.41, 5.74) is 5.79. The number of carbonyl (C=O) groups is 1. The summed E-state index contributed by atoms with van der Waals surface area (Å²) in [5, 5.41) is 12.7. The molecule has 0 saturated heterocycles.